The topological polar surface area (TPSA) is 91.2 Å². The number of amides is 1. The van der Waals surface area contributed by atoms with Crippen molar-refractivity contribution >= 4 is 42.2 Å². The zero-order valence-corrected chi connectivity index (χ0v) is 15.2. The van der Waals surface area contributed by atoms with E-state index in [1.54, 1.807) is 11.8 Å². The number of hydrogen-bond donors (Lipinski definition) is 2. The van der Waals surface area contributed by atoms with Gasteiger partial charge in [-0.3, -0.25) is 9.63 Å². The predicted octanol–water partition coefficient (Wildman–Crippen LogP) is 2.50. The highest BCUT2D eigenvalue weighted by Crippen LogP contribution is 2.11. The summed E-state index contributed by atoms with van der Waals surface area (Å²) in [6.07, 6.45) is 3.18. The van der Waals surface area contributed by atoms with Gasteiger partial charge in [0, 0.05) is 31.5 Å². The number of carbonyl (C=O) groups excluding carboxylic acids is 1. The first-order valence-corrected chi connectivity index (χ1v) is 9.33. The minimum atomic E-state index is -0.890. The predicted molar refractivity (Wildman–Crippen MR) is 98.0 cm³/mol. The highest BCUT2D eigenvalue weighted by atomic mass is 32.2. The molecule has 1 rings (SSSR count). The molecule has 0 aliphatic carbocycles. The Morgan fingerprint density at radius 1 is 1.42 bits per heavy atom. The summed E-state index contributed by atoms with van der Waals surface area (Å²) in [5, 5.41) is 12.8. The number of aliphatic carboxylic acids is 1. The molecule has 0 radical (unpaired) electrons. The number of hydrogen-bond acceptors (Lipinski definition) is 7. The molecule has 0 saturated heterocycles. The smallest absolute Gasteiger partial charge is 0.446 e. The molecular weight excluding hydrogens is 350 g/mol. The standard InChI is InChI=1S/C15H21N3O4S2/c1-18(15(21)22-16-8-9-23-2)24-17-11-13(14(19)20)10-12-6-4-3-5-7-12/h3-8,13,17H,9-11H2,1-2H3,(H,19,20). The van der Waals surface area contributed by atoms with Crippen LogP contribution >= 0.6 is 23.9 Å². The third-order valence-electron chi connectivity index (χ3n) is 2.91. The molecule has 1 unspecified atom stereocenters. The van der Waals surface area contributed by atoms with Gasteiger partial charge in [-0.1, -0.05) is 35.5 Å². The molecule has 24 heavy (non-hydrogen) atoms. The minimum absolute atomic E-state index is 0.211. The molecule has 9 heteroatoms. The molecule has 0 bridgehead atoms. The van der Waals surface area contributed by atoms with Gasteiger partial charge in [-0.05, 0) is 18.2 Å². The van der Waals surface area contributed by atoms with Crippen LogP contribution in [0.15, 0.2) is 35.5 Å². The Balaban J connectivity index is 2.36. The monoisotopic (exact) mass is 371 g/mol. The SMILES string of the molecule is CSCC=NOC(=O)N(C)SNCC(Cc1ccccc1)C(=O)O. The normalized spacial score (nSPS) is 12.1. The highest BCUT2D eigenvalue weighted by Gasteiger charge is 2.19. The van der Waals surface area contributed by atoms with Gasteiger partial charge in [-0.2, -0.15) is 11.8 Å². The Morgan fingerprint density at radius 3 is 2.75 bits per heavy atom. The quantitative estimate of drug-likeness (QED) is 0.283. The Morgan fingerprint density at radius 2 is 2.12 bits per heavy atom. The van der Waals surface area contributed by atoms with E-state index < -0.39 is 18.0 Å². The van der Waals surface area contributed by atoms with Crippen molar-refractivity contribution in [2.45, 2.75) is 6.42 Å². The van der Waals surface area contributed by atoms with Crippen molar-refractivity contribution in [2.24, 2.45) is 11.1 Å². The van der Waals surface area contributed by atoms with Crippen molar-refractivity contribution in [3.63, 3.8) is 0 Å². The van der Waals surface area contributed by atoms with Gasteiger partial charge in [0.05, 0.1) is 12.1 Å². The Bertz CT molecular complexity index is 543. The largest absolute Gasteiger partial charge is 0.481 e. The van der Waals surface area contributed by atoms with Gasteiger partial charge in [0.1, 0.15) is 0 Å². The number of carboxylic acids is 1. The lowest BCUT2D eigenvalue weighted by molar-refractivity contribution is -0.141. The van der Waals surface area contributed by atoms with E-state index in [0.29, 0.717) is 12.2 Å². The summed E-state index contributed by atoms with van der Waals surface area (Å²) in [5.41, 5.74) is 0.951. The molecule has 0 heterocycles. The summed E-state index contributed by atoms with van der Waals surface area (Å²) in [7, 11) is 1.51. The molecule has 132 valence electrons. The molecule has 0 aromatic heterocycles. The second kappa shape index (κ2) is 11.8. The Kier molecular flexibility index (Phi) is 9.97. The lowest BCUT2D eigenvalue weighted by Crippen LogP contribution is -2.30. The lowest BCUT2D eigenvalue weighted by Gasteiger charge is -2.16. The second-order valence-electron chi connectivity index (χ2n) is 4.76. The summed E-state index contributed by atoms with van der Waals surface area (Å²) in [6.45, 7) is 0.211. The molecule has 1 aromatic rings. The third kappa shape index (κ3) is 8.23. The van der Waals surface area contributed by atoms with Crippen LogP contribution in [0.25, 0.3) is 0 Å². The van der Waals surface area contributed by atoms with E-state index in [2.05, 4.69) is 14.7 Å². The number of benzene rings is 1. The van der Waals surface area contributed by atoms with Crippen LogP contribution in [0.2, 0.25) is 0 Å². The number of rotatable bonds is 10. The van der Waals surface area contributed by atoms with Crippen molar-refractivity contribution in [3.05, 3.63) is 35.9 Å². The van der Waals surface area contributed by atoms with E-state index in [0.717, 1.165) is 17.7 Å². The van der Waals surface area contributed by atoms with Gasteiger partial charge in [0.15, 0.2) is 0 Å². The van der Waals surface area contributed by atoms with Crippen LogP contribution in [0.4, 0.5) is 4.79 Å². The summed E-state index contributed by atoms with van der Waals surface area (Å²) in [4.78, 5) is 27.6. The molecule has 1 atom stereocenters. The number of carbonyl (C=O) groups is 2. The summed E-state index contributed by atoms with van der Waals surface area (Å²) >= 11 is 2.53. The fourth-order valence-electron chi connectivity index (χ4n) is 1.66. The van der Waals surface area contributed by atoms with Crippen LogP contribution in [0.3, 0.4) is 0 Å². The third-order valence-corrected chi connectivity index (χ3v) is 4.11. The molecule has 1 amide bonds. The molecule has 0 fully saturated rings. The van der Waals surface area contributed by atoms with Crippen LogP contribution in [-0.4, -0.2) is 53.3 Å². The van der Waals surface area contributed by atoms with E-state index >= 15 is 0 Å². The maximum atomic E-state index is 11.6. The van der Waals surface area contributed by atoms with Gasteiger partial charge in [0.2, 0.25) is 0 Å². The first-order valence-electron chi connectivity index (χ1n) is 7.16. The number of oxime groups is 1. The fourth-order valence-corrected chi connectivity index (χ4v) is 2.45. The molecule has 0 spiro atoms. The van der Waals surface area contributed by atoms with Gasteiger partial charge in [-0.15, -0.1) is 0 Å². The average Bonchev–Trinajstić information content (AvgIpc) is 2.58. The maximum absolute atomic E-state index is 11.6. The fraction of sp³-hybridized carbons (Fsp3) is 0.400. The van der Waals surface area contributed by atoms with Crippen molar-refractivity contribution in [2.75, 3.05) is 25.6 Å². The Hall–Kier alpha value is -1.71. The molecule has 0 aliphatic heterocycles. The molecule has 0 aliphatic rings. The molecular formula is C15H21N3O4S2. The first kappa shape index (κ1) is 20.3. The molecule has 2 N–H and O–H groups in total. The minimum Gasteiger partial charge on any atom is -0.481 e. The van der Waals surface area contributed by atoms with E-state index in [4.69, 9.17) is 0 Å². The van der Waals surface area contributed by atoms with E-state index in [1.807, 2.05) is 36.6 Å². The first-order chi connectivity index (χ1) is 11.5. The van der Waals surface area contributed by atoms with E-state index in [1.165, 1.54) is 17.6 Å². The zero-order valence-electron chi connectivity index (χ0n) is 13.5. The number of nitrogens with zero attached hydrogens (tertiary/aromatic N) is 2. The van der Waals surface area contributed by atoms with Gasteiger partial charge in [-0.25, -0.2) is 13.8 Å². The summed E-state index contributed by atoms with van der Waals surface area (Å²) in [5.74, 6) is -0.829. The van der Waals surface area contributed by atoms with Crippen LogP contribution in [0.5, 0.6) is 0 Å². The second-order valence-corrected chi connectivity index (χ2v) is 6.69. The molecule has 1 aromatic carbocycles. The number of nitrogens with one attached hydrogen (secondary N) is 1. The van der Waals surface area contributed by atoms with E-state index in [9.17, 15) is 14.7 Å². The number of carboxylic acid groups (broad SMARTS) is 1. The highest BCUT2D eigenvalue weighted by molar-refractivity contribution is 7.99. The summed E-state index contributed by atoms with van der Waals surface area (Å²) in [6, 6.07) is 9.41. The summed E-state index contributed by atoms with van der Waals surface area (Å²) < 4.78 is 4.08. The van der Waals surface area contributed by atoms with Gasteiger partial charge in [0.25, 0.3) is 0 Å². The van der Waals surface area contributed by atoms with E-state index in [-0.39, 0.29) is 6.54 Å². The van der Waals surface area contributed by atoms with Gasteiger partial charge < -0.3 is 5.11 Å². The van der Waals surface area contributed by atoms with Crippen LogP contribution in [0, 0.1) is 5.92 Å². The maximum Gasteiger partial charge on any atom is 0.446 e. The van der Waals surface area contributed by atoms with Crippen molar-refractivity contribution in [1.29, 1.82) is 0 Å². The Labute approximate surface area is 150 Å². The van der Waals surface area contributed by atoms with Gasteiger partial charge >= 0.3 is 12.1 Å². The van der Waals surface area contributed by atoms with Crippen molar-refractivity contribution < 1.29 is 19.5 Å². The van der Waals surface area contributed by atoms with Crippen molar-refractivity contribution in [3.8, 4) is 0 Å². The number of thioether (sulfide) groups is 1. The van der Waals surface area contributed by atoms with Crippen LogP contribution < -0.4 is 4.72 Å². The zero-order chi connectivity index (χ0) is 17.8. The molecule has 7 nitrogen and oxygen atoms in total. The molecule has 0 saturated carbocycles. The average molecular weight is 371 g/mol. The van der Waals surface area contributed by atoms with Crippen molar-refractivity contribution in [1.82, 2.24) is 9.03 Å². The van der Waals surface area contributed by atoms with Crippen LogP contribution in [-0.2, 0) is 16.1 Å². The lowest BCUT2D eigenvalue weighted by atomic mass is 10.00. The van der Waals surface area contributed by atoms with Crippen LogP contribution in [0.1, 0.15) is 5.56 Å².